The molecule has 7 heteroatoms. The minimum atomic E-state index is -0.803. The van der Waals surface area contributed by atoms with Crippen LogP contribution in [-0.2, 0) is 11.2 Å². The number of benzene rings is 2. The zero-order valence-corrected chi connectivity index (χ0v) is 17.4. The maximum atomic E-state index is 10.8. The van der Waals surface area contributed by atoms with Crippen LogP contribution in [0.3, 0.4) is 0 Å². The number of aryl methyl sites for hydroxylation is 2. The molecule has 1 aliphatic carbocycles. The molecule has 152 valence electrons. The number of hydrogen-bond acceptors (Lipinski definition) is 6. The van der Waals surface area contributed by atoms with Crippen molar-refractivity contribution >= 4 is 17.5 Å². The number of ether oxygens (including phenoxy) is 1. The lowest BCUT2D eigenvalue weighted by molar-refractivity contribution is -0.136. The fourth-order valence-corrected chi connectivity index (χ4v) is 3.87. The summed E-state index contributed by atoms with van der Waals surface area (Å²) in [6.45, 7) is 2.64. The molecule has 3 aromatic rings. The summed E-state index contributed by atoms with van der Waals surface area (Å²) in [5.74, 6) is 1.07. The standard InChI is InChI=1S/C23H21N3O3S/c1-14-10-15(5-9-21(27)28)4-7-19(14)22-25-23(30-26-22)17-6-8-20(18(11-17)12-24)29-13-16-2-3-16/h4,6-8,10-11,16H,2-3,5,9,13H2,1H3,(H,27,28). The van der Waals surface area contributed by atoms with Gasteiger partial charge in [0.25, 0.3) is 0 Å². The Bertz CT molecular complexity index is 1130. The molecule has 30 heavy (non-hydrogen) atoms. The molecule has 0 bridgehead atoms. The van der Waals surface area contributed by atoms with Gasteiger partial charge in [-0.05, 0) is 73.0 Å². The van der Waals surface area contributed by atoms with E-state index in [-0.39, 0.29) is 6.42 Å². The second-order valence-corrected chi connectivity index (χ2v) is 8.30. The Morgan fingerprint density at radius 3 is 2.83 bits per heavy atom. The zero-order valence-electron chi connectivity index (χ0n) is 16.6. The average molecular weight is 420 g/mol. The lowest BCUT2D eigenvalue weighted by Crippen LogP contribution is -2.00. The molecular weight excluding hydrogens is 398 g/mol. The Labute approximate surface area is 179 Å². The van der Waals surface area contributed by atoms with Crippen molar-refractivity contribution in [3.8, 4) is 33.8 Å². The second kappa shape index (κ2) is 8.64. The van der Waals surface area contributed by atoms with Gasteiger partial charge in [-0.2, -0.15) is 9.64 Å². The largest absolute Gasteiger partial charge is 0.492 e. The van der Waals surface area contributed by atoms with Crippen molar-refractivity contribution in [1.82, 2.24) is 9.36 Å². The van der Waals surface area contributed by atoms with Gasteiger partial charge in [0.1, 0.15) is 16.8 Å². The SMILES string of the molecule is Cc1cc(CCC(=O)O)ccc1-c1nsc(-c2ccc(OCC3CC3)c(C#N)c2)n1. The zero-order chi connectivity index (χ0) is 21.1. The van der Waals surface area contributed by atoms with Gasteiger partial charge in [-0.25, -0.2) is 4.98 Å². The molecule has 4 rings (SSSR count). The minimum absolute atomic E-state index is 0.111. The lowest BCUT2D eigenvalue weighted by atomic mass is 10.0. The topological polar surface area (TPSA) is 96.1 Å². The van der Waals surface area contributed by atoms with Crippen LogP contribution in [0.5, 0.6) is 5.75 Å². The Morgan fingerprint density at radius 2 is 2.13 bits per heavy atom. The summed E-state index contributed by atoms with van der Waals surface area (Å²) in [5.41, 5.74) is 4.24. The van der Waals surface area contributed by atoms with Gasteiger partial charge in [0, 0.05) is 17.5 Å². The summed E-state index contributed by atoms with van der Waals surface area (Å²) < 4.78 is 10.3. The molecule has 0 radical (unpaired) electrons. The predicted octanol–water partition coefficient (Wildman–Crippen LogP) is 4.86. The summed E-state index contributed by atoms with van der Waals surface area (Å²) in [6, 6.07) is 13.6. The van der Waals surface area contributed by atoms with Crippen molar-refractivity contribution in [3.05, 3.63) is 53.1 Å². The number of carboxylic acids is 1. The number of carbonyl (C=O) groups is 1. The first-order chi connectivity index (χ1) is 14.5. The number of nitriles is 1. The Morgan fingerprint density at radius 1 is 1.30 bits per heavy atom. The van der Waals surface area contributed by atoms with Crippen LogP contribution in [-0.4, -0.2) is 27.0 Å². The normalized spacial score (nSPS) is 13.1. The van der Waals surface area contributed by atoms with Crippen molar-refractivity contribution in [2.45, 2.75) is 32.6 Å². The van der Waals surface area contributed by atoms with Crippen LogP contribution < -0.4 is 4.74 Å². The molecule has 0 spiro atoms. The van der Waals surface area contributed by atoms with Crippen LogP contribution in [0, 0.1) is 24.2 Å². The number of carboxylic acid groups (broad SMARTS) is 1. The third-order valence-corrected chi connectivity index (χ3v) is 5.87. The molecule has 1 saturated carbocycles. The number of hydrogen-bond donors (Lipinski definition) is 1. The van der Waals surface area contributed by atoms with Gasteiger partial charge in [-0.3, -0.25) is 4.79 Å². The quantitative estimate of drug-likeness (QED) is 0.560. The lowest BCUT2D eigenvalue weighted by Gasteiger charge is -2.08. The monoisotopic (exact) mass is 419 g/mol. The highest BCUT2D eigenvalue weighted by Crippen LogP contribution is 2.33. The van der Waals surface area contributed by atoms with Gasteiger partial charge in [-0.1, -0.05) is 18.2 Å². The number of aliphatic carboxylic acids is 1. The minimum Gasteiger partial charge on any atom is -0.492 e. The molecule has 0 atom stereocenters. The summed E-state index contributed by atoms with van der Waals surface area (Å²) in [7, 11) is 0. The molecule has 0 unspecified atom stereocenters. The van der Waals surface area contributed by atoms with E-state index in [1.807, 2.05) is 37.3 Å². The van der Waals surface area contributed by atoms with Crippen molar-refractivity contribution in [3.63, 3.8) is 0 Å². The summed E-state index contributed by atoms with van der Waals surface area (Å²) >= 11 is 1.29. The van der Waals surface area contributed by atoms with Gasteiger partial charge >= 0.3 is 5.97 Å². The van der Waals surface area contributed by atoms with Gasteiger partial charge in [-0.15, -0.1) is 0 Å². The van der Waals surface area contributed by atoms with E-state index in [4.69, 9.17) is 9.84 Å². The van der Waals surface area contributed by atoms with Crippen molar-refractivity contribution in [2.75, 3.05) is 6.61 Å². The fraction of sp³-hybridized carbons (Fsp3) is 0.304. The van der Waals surface area contributed by atoms with Crippen molar-refractivity contribution in [2.24, 2.45) is 5.92 Å². The summed E-state index contributed by atoms with van der Waals surface area (Å²) in [4.78, 5) is 15.4. The first-order valence-corrected chi connectivity index (χ1v) is 10.6. The van der Waals surface area contributed by atoms with Gasteiger partial charge < -0.3 is 9.84 Å². The predicted molar refractivity (Wildman–Crippen MR) is 114 cm³/mol. The number of rotatable bonds is 8. The number of nitrogens with zero attached hydrogens (tertiary/aromatic N) is 3. The highest BCUT2D eigenvalue weighted by Gasteiger charge is 2.22. The average Bonchev–Trinajstić information content (AvgIpc) is 3.45. The van der Waals surface area contributed by atoms with Crippen LogP contribution in [0.1, 0.15) is 36.0 Å². The molecule has 6 nitrogen and oxygen atoms in total. The van der Waals surface area contributed by atoms with E-state index >= 15 is 0 Å². The number of aromatic nitrogens is 2. The first kappa shape index (κ1) is 20.0. The fourth-order valence-electron chi connectivity index (χ4n) is 3.20. The maximum absolute atomic E-state index is 10.8. The van der Waals surface area contributed by atoms with Crippen LogP contribution in [0.4, 0.5) is 0 Å². The summed E-state index contributed by atoms with van der Waals surface area (Å²) in [6.07, 6.45) is 3.01. The highest BCUT2D eigenvalue weighted by atomic mass is 32.1. The van der Waals surface area contributed by atoms with Crippen LogP contribution in [0.2, 0.25) is 0 Å². The van der Waals surface area contributed by atoms with Crippen molar-refractivity contribution in [1.29, 1.82) is 5.26 Å². The van der Waals surface area contributed by atoms with E-state index in [1.165, 1.54) is 24.4 Å². The van der Waals surface area contributed by atoms with Gasteiger partial charge in [0.2, 0.25) is 0 Å². The molecule has 1 aromatic heterocycles. The van der Waals surface area contributed by atoms with Gasteiger partial charge in [0.05, 0.1) is 12.2 Å². The molecule has 1 fully saturated rings. The Balaban J connectivity index is 1.53. The van der Waals surface area contributed by atoms with E-state index < -0.39 is 5.97 Å². The van der Waals surface area contributed by atoms with E-state index in [9.17, 15) is 10.1 Å². The molecule has 0 aliphatic heterocycles. The van der Waals surface area contributed by atoms with Gasteiger partial charge in [0.15, 0.2) is 5.82 Å². The highest BCUT2D eigenvalue weighted by molar-refractivity contribution is 7.09. The maximum Gasteiger partial charge on any atom is 0.303 e. The molecule has 0 saturated heterocycles. The van der Waals surface area contributed by atoms with Crippen molar-refractivity contribution < 1.29 is 14.6 Å². The first-order valence-electron chi connectivity index (χ1n) is 9.86. The summed E-state index contributed by atoms with van der Waals surface area (Å²) in [5, 5.41) is 19.1. The molecule has 0 amide bonds. The molecule has 1 N–H and O–H groups in total. The third-order valence-electron chi connectivity index (χ3n) is 5.10. The van der Waals surface area contributed by atoms with Crippen LogP contribution in [0.15, 0.2) is 36.4 Å². The molecule has 1 heterocycles. The third kappa shape index (κ3) is 4.66. The Kier molecular flexibility index (Phi) is 5.77. The molecule has 2 aromatic carbocycles. The van der Waals surface area contributed by atoms with E-state index in [1.54, 1.807) is 6.07 Å². The molecular formula is C23H21N3O3S. The van der Waals surface area contributed by atoms with E-state index in [2.05, 4.69) is 15.4 Å². The smallest absolute Gasteiger partial charge is 0.303 e. The second-order valence-electron chi connectivity index (χ2n) is 7.54. The Hall–Kier alpha value is -3.24. The van der Waals surface area contributed by atoms with E-state index in [0.717, 1.165) is 27.3 Å². The van der Waals surface area contributed by atoms with Crippen LogP contribution >= 0.6 is 11.5 Å². The van der Waals surface area contributed by atoms with Crippen LogP contribution in [0.25, 0.3) is 22.0 Å². The van der Waals surface area contributed by atoms with E-state index in [0.29, 0.717) is 36.1 Å². The molecule has 1 aliphatic rings.